The van der Waals surface area contributed by atoms with E-state index in [1.807, 2.05) is 0 Å². The molecule has 1 amide bonds. The highest BCUT2D eigenvalue weighted by atomic mass is 32.2. The molecule has 0 radical (unpaired) electrons. The van der Waals surface area contributed by atoms with Crippen LogP contribution in [-0.4, -0.2) is 64.0 Å². The zero-order valence-corrected chi connectivity index (χ0v) is 15.2. The number of rotatable bonds is 8. The number of aliphatic carboxylic acids is 1. The maximum atomic E-state index is 12.1. The summed E-state index contributed by atoms with van der Waals surface area (Å²) in [6, 6.07) is -0.404. The first kappa shape index (κ1) is 20.1. The molecule has 0 aromatic rings. The lowest BCUT2D eigenvalue weighted by Gasteiger charge is -2.44. The van der Waals surface area contributed by atoms with E-state index in [1.165, 1.54) is 24.2 Å². The van der Waals surface area contributed by atoms with E-state index in [0.717, 1.165) is 11.8 Å². The molecular formula is C16H21N3O6S. The van der Waals surface area contributed by atoms with Gasteiger partial charge in [-0.25, -0.2) is 9.59 Å². The van der Waals surface area contributed by atoms with E-state index in [9.17, 15) is 24.6 Å². The Labute approximate surface area is 154 Å². The molecular weight excluding hydrogens is 362 g/mol. The molecule has 9 nitrogen and oxygen atoms in total. The Balaban J connectivity index is 2.24. The number of carbonyl (C=O) groups is 3. The van der Waals surface area contributed by atoms with Gasteiger partial charge in [0.1, 0.15) is 12.3 Å². The summed E-state index contributed by atoms with van der Waals surface area (Å²) in [5.41, 5.74) is 5.10. The number of carboxylic acids is 1. The first-order chi connectivity index (χ1) is 12.2. The van der Waals surface area contributed by atoms with Gasteiger partial charge in [0.15, 0.2) is 0 Å². The van der Waals surface area contributed by atoms with Crippen molar-refractivity contribution in [2.45, 2.75) is 32.4 Å². The number of fused-ring (bicyclic) bond motifs is 1. The smallest absolute Gasteiger partial charge is 0.353 e. The van der Waals surface area contributed by atoms with Crippen LogP contribution in [0.15, 0.2) is 21.6 Å². The van der Waals surface area contributed by atoms with Crippen LogP contribution in [0, 0.1) is 11.3 Å². The molecule has 0 aromatic carbocycles. The molecule has 2 heterocycles. The number of ether oxygens (including phenoxy) is 1. The number of aliphatic hydroxyl groups is 1. The first-order valence-electron chi connectivity index (χ1n) is 7.97. The van der Waals surface area contributed by atoms with Gasteiger partial charge >= 0.3 is 11.9 Å². The van der Waals surface area contributed by atoms with E-state index < -0.39 is 35.9 Å². The fourth-order valence-corrected chi connectivity index (χ4v) is 4.08. The number of thioether (sulfide) groups is 1. The van der Waals surface area contributed by atoms with Gasteiger partial charge in [-0.2, -0.15) is 0 Å². The van der Waals surface area contributed by atoms with Crippen molar-refractivity contribution in [2.24, 2.45) is 11.7 Å². The van der Waals surface area contributed by atoms with Gasteiger partial charge < -0.3 is 31.0 Å². The maximum Gasteiger partial charge on any atom is 0.353 e. The van der Waals surface area contributed by atoms with Crippen molar-refractivity contribution in [3.8, 4) is 0 Å². The van der Waals surface area contributed by atoms with Crippen LogP contribution < -0.4 is 5.73 Å². The number of nitrogens with zero attached hydrogens (tertiary/aromatic N) is 1. The quantitative estimate of drug-likeness (QED) is 0.198. The number of hydrogen-bond acceptors (Lipinski definition) is 8. The molecule has 142 valence electrons. The second kappa shape index (κ2) is 8.02. The summed E-state index contributed by atoms with van der Waals surface area (Å²) >= 11 is 0.970. The highest BCUT2D eigenvalue weighted by Crippen LogP contribution is 2.47. The molecule has 26 heavy (non-hydrogen) atoms. The highest BCUT2D eigenvalue weighted by Gasteiger charge is 2.56. The Morgan fingerprint density at radius 2 is 2.19 bits per heavy atom. The van der Waals surface area contributed by atoms with Gasteiger partial charge in [0, 0.05) is 23.6 Å². The molecule has 2 aliphatic heterocycles. The van der Waals surface area contributed by atoms with Crippen LogP contribution in [0.4, 0.5) is 0 Å². The molecule has 3 atom stereocenters. The van der Waals surface area contributed by atoms with Crippen LogP contribution in [0.1, 0.15) is 20.3 Å². The van der Waals surface area contributed by atoms with Crippen LogP contribution in [0.25, 0.3) is 0 Å². The van der Waals surface area contributed by atoms with Gasteiger partial charge in [-0.3, -0.25) is 4.79 Å². The summed E-state index contributed by atoms with van der Waals surface area (Å²) in [4.78, 5) is 37.3. The van der Waals surface area contributed by atoms with Gasteiger partial charge in [-0.05, 0) is 19.3 Å². The number of β-lactam (4-membered cyclic amide) rings is 1. The standard InChI is InChI=1S/C16H21N3O6S/c1-7(18)9(16(24)25-4-3-17)6-26-11-5-10-12(8(2)20)14(21)19(10)13(11)15(22)23/h6,8,10,12,18,20H,3-5,17H2,1-2H3,(H,22,23)/b9-6-,18-7?/t8-,10+,12-/m0/s1. The maximum absolute atomic E-state index is 12.1. The minimum absolute atomic E-state index is 0.00617. The predicted octanol–water partition coefficient (Wildman–Crippen LogP) is 0.0528. The number of esters is 1. The number of aliphatic hydroxyl groups excluding tert-OH is 1. The van der Waals surface area contributed by atoms with Crippen LogP contribution in [0.3, 0.4) is 0 Å². The highest BCUT2D eigenvalue weighted by molar-refractivity contribution is 8.05. The van der Waals surface area contributed by atoms with Crippen molar-refractivity contribution in [1.29, 1.82) is 5.41 Å². The van der Waals surface area contributed by atoms with E-state index in [2.05, 4.69) is 0 Å². The number of hydrogen-bond donors (Lipinski definition) is 4. The molecule has 0 unspecified atom stereocenters. The Kier molecular flexibility index (Phi) is 6.21. The fourth-order valence-electron chi connectivity index (χ4n) is 2.99. The lowest BCUT2D eigenvalue weighted by Crippen LogP contribution is -2.61. The molecule has 0 saturated carbocycles. The molecule has 1 fully saturated rings. The number of nitrogens with two attached hydrogens (primary N) is 1. The van der Waals surface area contributed by atoms with Crippen molar-refractivity contribution in [1.82, 2.24) is 4.90 Å². The Morgan fingerprint density at radius 3 is 2.69 bits per heavy atom. The van der Waals surface area contributed by atoms with E-state index in [4.69, 9.17) is 15.9 Å². The lowest BCUT2D eigenvalue weighted by molar-refractivity contribution is -0.161. The van der Waals surface area contributed by atoms with Gasteiger partial charge in [-0.15, -0.1) is 0 Å². The monoisotopic (exact) mass is 383 g/mol. The third-order valence-corrected chi connectivity index (χ3v) is 5.18. The van der Waals surface area contributed by atoms with Gasteiger partial charge in [0.05, 0.1) is 23.6 Å². The Hall–Kier alpha value is -2.17. The van der Waals surface area contributed by atoms with E-state index in [-0.39, 0.29) is 36.6 Å². The molecule has 0 spiro atoms. The summed E-state index contributed by atoms with van der Waals surface area (Å²) < 4.78 is 4.91. The lowest BCUT2D eigenvalue weighted by atomic mass is 9.83. The van der Waals surface area contributed by atoms with E-state index in [1.54, 1.807) is 0 Å². The second-order valence-corrected chi connectivity index (χ2v) is 6.99. The molecule has 10 heteroatoms. The van der Waals surface area contributed by atoms with Crippen LogP contribution in [-0.2, 0) is 19.1 Å². The summed E-state index contributed by atoms with van der Waals surface area (Å²) in [5.74, 6) is -3.02. The SMILES string of the molecule is CC(=N)/C(=C/SC1=C(C(=O)O)N2C(=O)[C@@H]([C@H](C)O)[C@H]2C1)C(=O)OCCN. The summed E-state index contributed by atoms with van der Waals surface area (Å²) in [6.45, 7) is 3.07. The van der Waals surface area contributed by atoms with Crippen molar-refractivity contribution >= 4 is 35.3 Å². The molecule has 2 rings (SSSR count). The third kappa shape index (κ3) is 3.67. The largest absolute Gasteiger partial charge is 0.477 e. The van der Waals surface area contributed by atoms with Crippen molar-refractivity contribution in [3.05, 3.63) is 21.6 Å². The number of carboxylic acid groups (broad SMARTS) is 1. The van der Waals surface area contributed by atoms with E-state index >= 15 is 0 Å². The normalized spacial score (nSPS) is 23.5. The molecule has 0 aliphatic carbocycles. The molecule has 0 aromatic heterocycles. The van der Waals surface area contributed by atoms with E-state index in [0.29, 0.717) is 4.91 Å². The third-order valence-electron chi connectivity index (χ3n) is 4.18. The molecule has 0 bridgehead atoms. The first-order valence-corrected chi connectivity index (χ1v) is 8.85. The summed E-state index contributed by atoms with van der Waals surface area (Å²) in [6.07, 6.45) is -0.601. The number of nitrogens with one attached hydrogen (secondary N) is 1. The topological polar surface area (TPSA) is 154 Å². The van der Waals surface area contributed by atoms with Gasteiger partial charge in [0.2, 0.25) is 5.91 Å². The zero-order chi connectivity index (χ0) is 19.6. The predicted molar refractivity (Wildman–Crippen MR) is 94.2 cm³/mol. The minimum atomic E-state index is -1.25. The summed E-state index contributed by atoms with van der Waals surface area (Å²) in [5, 5.41) is 28.2. The minimum Gasteiger partial charge on any atom is -0.477 e. The Bertz CT molecular complexity index is 715. The van der Waals surface area contributed by atoms with Crippen molar-refractivity contribution in [3.63, 3.8) is 0 Å². The van der Waals surface area contributed by atoms with Gasteiger partial charge in [-0.1, -0.05) is 11.8 Å². The number of amides is 1. The van der Waals surface area contributed by atoms with Gasteiger partial charge in [0.25, 0.3) is 0 Å². The summed E-state index contributed by atoms with van der Waals surface area (Å²) in [7, 11) is 0. The zero-order valence-electron chi connectivity index (χ0n) is 14.4. The fraction of sp³-hybridized carbons (Fsp3) is 0.500. The molecule has 1 saturated heterocycles. The molecule has 5 N–H and O–H groups in total. The average molecular weight is 383 g/mol. The molecule has 2 aliphatic rings. The van der Waals surface area contributed by atoms with Crippen molar-refractivity contribution in [2.75, 3.05) is 13.2 Å². The Morgan fingerprint density at radius 1 is 1.54 bits per heavy atom. The van der Waals surface area contributed by atoms with Crippen LogP contribution >= 0.6 is 11.8 Å². The average Bonchev–Trinajstić information content (AvgIpc) is 2.86. The van der Waals surface area contributed by atoms with Crippen molar-refractivity contribution < 1.29 is 29.3 Å². The van der Waals surface area contributed by atoms with Crippen LogP contribution in [0.5, 0.6) is 0 Å². The van der Waals surface area contributed by atoms with Crippen LogP contribution in [0.2, 0.25) is 0 Å². The second-order valence-electron chi connectivity index (χ2n) is 6.02. The number of carbonyl (C=O) groups excluding carboxylic acids is 2.